The Hall–Kier alpha value is -1.18. The molecule has 0 bridgehead atoms. The van der Waals surface area contributed by atoms with Gasteiger partial charge in [-0.3, -0.25) is 9.59 Å². The molecule has 2 nitrogen and oxygen atoms in total. The summed E-state index contributed by atoms with van der Waals surface area (Å²) in [6.07, 6.45) is 8.54. The number of rotatable bonds is 0. The molecule has 3 saturated carbocycles. The van der Waals surface area contributed by atoms with E-state index in [4.69, 9.17) is 0 Å². The van der Waals surface area contributed by atoms with Crippen molar-refractivity contribution in [2.75, 3.05) is 0 Å². The van der Waals surface area contributed by atoms with E-state index in [2.05, 4.69) is 27.4 Å². The Balaban J connectivity index is 1.83. The van der Waals surface area contributed by atoms with Crippen LogP contribution in [0.4, 0.5) is 0 Å². The van der Waals surface area contributed by atoms with E-state index in [0.717, 1.165) is 17.1 Å². The molecule has 4 aliphatic rings. The molecule has 0 aromatic carbocycles. The molecular formula is C21H28O2. The van der Waals surface area contributed by atoms with Crippen molar-refractivity contribution in [1.29, 1.82) is 0 Å². The Morgan fingerprint density at radius 2 is 1.87 bits per heavy atom. The highest BCUT2D eigenvalue weighted by molar-refractivity contribution is 6.42. The number of fused-ring (bicyclic) bond motifs is 5. The first-order valence-corrected chi connectivity index (χ1v) is 9.26. The van der Waals surface area contributed by atoms with E-state index in [9.17, 15) is 9.59 Å². The molecular weight excluding hydrogens is 284 g/mol. The van der Waals surface area contributed by atoms with Gasteiger partial charge in [0, 0.05) is 11.8 Å². The first-order chi connectivity index (χ1) is 10.8. The average Bonchev–Trinajstić information content (AvgIpc) is 2.89. The summed E-state index contributed by atoms with van der Waals surface area (Å²) in [4.78, 5) is 24.2. The third kappa shape index (κ3) is 1.87. The van der Waals surface area contributed by atoms with E-state index in [1.54, 1.807) is 6.08 Å². The van der Waals surface area contributed by atoms with Crippen LogP contribution in [-0.2, 0) is 9.59 Å². The van der Waals surface area contributed by atoms with Crippen LogP contribution in [-0.4, -0.2) is 11.6 Å². The number of hydrogen-bond acceptors (Lipinski definition) is 2. The minimum Gasteiger partial charge on any atom is -0.290 e. The van der Waals surface area contributed by atoms with Gasteiger partial charge in [0.1, 0.15) is 0 Å². The maximum Gasteiger partial charge on any atom is 0.221 e. The number of allylic oxidation sites excluding steroid dienone is 2. The lowest BCUT2D eigenvalue weighted by atomic mass is 9.44. The van der Waals surface area contributed by atoms with Gasteiger partial charge in [0.05, 0.1) is 0 Å². The summed E-state index contributed by atoms with van der Waals surface area (Å²) >= 11 is 0. The maximum absolute atomic E-state index is 12.2. The van der Waals surface area contributed by atoms with Crippen molar-refractivity contribution in [3.05, 3.63) is 23.8 Å². The van der Waals surface area contributed by atoms with E-state index in [1.807, 2.05) is 0 Å². The predicted molar refractivity (Wildman–Crippen MR) is 90.8 cm³/mol. The molecule has 2 heteroatoms. The first kappa shape index (κ1) is 15.4. The fourth-order valence-corrected chi connectivity index (χ4v) is 6.79. The van der Waals surface area contributed by atoms with Crippen LogP contribution in [0.1, 0.15) is 59.3 Å². The molecule has 0 N–H and O–H groups in total. The normalized spacial score (nSPS) is 49.3. The fraction of sp³-hybridized carbons (Fsp3) is 0.714. The number of hydrogen-bond donors (Lipinski definition) is 0. The zero-order chi connectivity index (χ0) is 16.6. The summed E-state index contributed by atoms with van der Waals surface area (Å²) in [5, 5.41) is 0. The van der Waals surface area contributed by atoms with Gasteiger partial charge in [-0.25, -0.2) is 0 Å². The molecule has 0 aromatic heterocycles. The Bertz CT molecular complexity index is 642. The molecule has 6 atom stereocenters. The van der Waals surface area contributed by atoms with Gasteiger partial charge in [-0.05, 0) is 72.0 Å². The molecule has 4 aliphatic carbocycles. The Morgan fingerprint density at radius 3 is 2.61 bits per heavy atom. The van der Waals surface area contributed by atoms with Crippen LogP contribution in [0.5, 0.6) is 0 Å². The molecule has 124 valence electrons. The van der Waals surface area contributed by atoms with E-state index < -0.39 is 0 Å². The van der Waals surface area contributed by atoms with Crippen molar-refractivity contribution < 1.29 is 9.59 Å². The van der Waals surface area contributed by atoms with E-state index >= 15 is 0 Å². The number of Topliss-reactive ketones (excluding diaryl/α,β-unsaturated/α-hetero) is 1. The highest BCUT2D eigenvalue weighted by Gasteiger charge is 2.60. The van der Waals surface area contributed by atoms with E-state index in [1.165, 1.54) is 32.1 Å². The van der Waals surface area contributed by atoms with Crippen LogP contribution in [0.3, 0.4) is 0 Å². The van der Waals surface area contributed by atoms with Gasteiger partial charge in [0.15, 0.2) is 0 Å². The molecule has 0 radical (unpaired) electrons. The van der Waals surface area contributed by atoms with Gasteiger partial charge < -0.3 is 0 Å². The summed E-state index contributed by atoms with van der Waals surface area (Å²) in [5.74, 6) is 1.85. The molecule has 0 aromatic rings. The minimum atomic E-state index is -0.314. The average molecular weight is 312 g/mol. The van der Waals surface area contributed by atoms with Crippen LogP contribution in [0.25, 0.3) is 0 Å². The largest absolute Gasteiger partial charge is 0.290 e. The zero-order valence-electron chi connectivity index (χ0n) is 14.7. The summed E-state index contributed by atoms with van der Waals surface area (Å²) in [6, 6.07) is 0. The van der Waals surface area contributed by atoms with Crippen molar-refractivity contribution in [3.8, 4) is 0 Å². The number of carbonyl (C=O) groups excluding carboxylic acids is 2. The Labute approximate surface area is 139 Å². The van der Waals surface area contributed by atoms with Crippen LogP contribution < -0.4 is 0 Å². The van der Waals surface area contributed by atoms with Gasteiger partial charge >= 0.3 is 0 Å². The molecule has 4 rings (SSSR count). The molecule has 0 amide bonds. The van der Waals surface area contributed by atoms with Crippen LogP contribution >= 0.6 is 0 Å². The van der Waals surface area contributed by atoms with Crippen LogP contribution in [0.2, 0.25) is 0 Å². The summed E-state index contributed by atoms with van der Waals surface area (Å²) in [5.41, 5.74) is 2.55. The molecule has 0 heterocycles. The topological polar surface area (TPSA) is 34.1 Å². The van der Waals surface area contributed by atoms with Crippen molar-refractivity contribution in [2.45, 2.75) is 59.3 Å². The lowest BCUT2D eigenvalue weighted by molar-refractivity contribution is -0.138. The highest BCUT2D eigenvalue weighted by Crippen LogP contribution is 2.67. The molecule has 23 heavy (non-hydrogen) atoms. The van der Waals surface area contributed by atoms with E-state index in [-0.39, 0.29) is 17.0 Å². The SMILES string of the molecule is C=C1C2=CC(=O)C(=O)C[C@]2(C)[C@@H]2CC[C@]3(C)CCC[C@H]3[C@@H]2C1C. The van der Waals surface area contributed by atoms with Crippen molar-refractivity contribution in [1.82, 2.24) is 0 Å². The summed E-state index contributed by atoms with van der Waals surface area (Å²) in [7, 11) is 0. The lowest BCUT2D eigenvalue weighted by Gasteiger charge is -2.59. The molecule has 3 fully saturated rings. The van der Waals surface area contributed by atoms with Crippen LogP contribution in [0.15, 0.2) is 23.8 Å². The van der Waals surface area contributed by atoms with Crippen molar-refractivity contribution >= 4 is 11.6 Å². The number of ketones is 2. The van der Waals surface area contributed by atoms with Gasteiger partial charge in [0.25, 0.3) is 0 Å². The fourth-order valence-electron chi connectivity index (χ4n) is 6.79. The Kier molecular flexibility index (Phi) is 3.12. The van der Waals surface area contributed by atoms with Crippen molar-refractivity contribution in [2.24, 2.45) is 34.5 Å². The quantitative estimate of drug-likeness (QED) is 0.617. The summed E-state index contributed by atoms with van der Waals surface area (Å²) in [6.45, 7) is 11.4. The molecule has 0 aliphatic heterocycles. The van der Waals surface area contributed by atoms with Crippen molar-refractivity contribution in [3.63, 3.8) is 0 Å². The predicted octanol–water partition coefficient (Wildman–Crippen LogP) is 4.50. The highest BCUT2D eigenvalue weighted by atomic mass is 16.2. The van der Waals surface area contributed by atoms with Gasteiger partial charge in [0.2, 0.25) is 11.6 Å². The molecule has 0 saturated heterocycles. The maximum atomic E-state index is 12.2. The molecule has 1 unspecified atom stereocenters. The zero-order valence-corrected chi connectivity index (χ0v) is 14.7. The van der Waals surface area contributed by atoms with Gasteiger partial charge in [-0.2, -0.15) is 0 Å². The smallest absolute Gasteiger partial charge is 0.221 e. The first-order valence-electron chi connectivity index (χ1n) is 9.26. The third-order valence-corrected chi connectivity index (χ3v) is 8.10. The minimum absolute atomic E-state index is 0.164. The second-order valence-corrected chi connectivity index (χ2v) is 9.13. The lowest BCUT2D eigenvalue weighted by Crippen LogP contribution is -2.54. The van der Waals surface area contributed by atoms with Gasteiger partial charge in [-0.1, -0.05) is 33.8 Å². The van der Waals surface area contributed by atoms with E-state index in [0.29, 0.717) is 29.6 Å². The van der Waals surface area contributed by atoms with Gasteiger partial charge in [-0.15, -0.1) is 0 Å². The summed E-state index contributed by atoms with van der Waals surface area (Å²) < 4.78 is 0. The standard InChI is InChI=1S/C21H28O2/c1-12-13(2)19-14-6-5-8-20(14,3)9-7-15(19)21(4)11-18(23)17(22)10-16(12)21/h10,13-15,19H,1,5-9,11H2,2-4H3/t13?,14-,15+,19-,20-,21+/m0/s1. The van der Waals surface area contributed by atoms with Crippen LogP contribution in [0, 0.1) is 34.5 Å². The monoisotopic (exact) mass is 312 g/mol. The third-order valence-electron chi connectivity index (χ3n) is 8.10. The molecule has 0 spiro atoms. The second kappa shape index (κ2) is 4.68. The second-order valence-electron chi connectivity index (χ2n) is 9.13. The number of carbonyl (C=O) groups is 2. The Morgan fingerprint density at radius 1 is 1.13 bits per heavy atom.